The van der Waals surface area contributed by atoms with E-state index in [9.17, 15) is 4.79 Å². The summed E-state index contributed by atoms with van der Waals surface area (Å²) in [5, 5.41) is 4.19. The molecule has 0 aliphatic rings. The van der Waals surface area contributed by atoms with Crippen LogP contribution in [0.15, 0.2) is 35.4 Å². The number of nitrogens with one attached hydrogen (secondary N) is 1. The fourth-order valence-electron chi connectivity index (χ4n) is 2.74. The molecule has 0 radical (unpaired) electrons. The Labute approximate surface area is 147 Å². The van der Waals surface area contributed by atoms with Gasteiger partial charge >= 0.3 is 0 Å². The fraction of sp³-hybridized carbons (Fsp3) is 0.619. The summed E-state index contributed by atoms with van der Waals surface area (Å²) in [6.45, 7) is 4.20. The van der Waals surface area contributed by atoms with Crippen molar-refractivity contribution in [3.05, 3.63) is 35.9 Å². The smallest absolute Gasteiger partial charge is 0.240 e. The summed E-state index contributed by atoms with van der Waals surface area (Å²) in [6, 6.07) is 10.2. The Morgan fingerprint density at radius 3 is 2.12 bits per heavy atom. The van der Waals surface area contributed by atoms with E-state index in [1.165, 1.54) is 50.5 Å². The SMILES string of the molecule is CCCCCCCCCCCC(=O)NN=C(C)Cc1ccccc1. The Hall–Kier alpha value is -1.64. The Morgan fingerprint density at radius 2 is 1.50 bits per heavy atom. The molecule has 0 unspecified atom stereocenters. The molecule has 1 aromatic rings. The van der Waals surface area contributed by atoms with Gasteiger partial charge in [-0.1, -0.05) is 88.6 Å². The van der Waals surface area contributed by atoms with Gasteiger partial charge in [0.05, 0.1) is 0 Å². The number of hydrazone groups is 1. The van der Waals surface area contributed by atoms with Crippen molar-refractivity contribution in [3.8, 4) is 0 Å². The van der Waals surface area contributed by atoms with Crippen LogP contribution in [-0.2, 0) is 11.2 Å². The first kappa shape index (κ1) is 20.4. The number of unbranched alkanes of at least 4 members (excludes halogenated alkanes) is 8. The quantitative estimate of drug-likeness (QED) is 0.284. The summed E-state index contributed by atoms with van der Waals surface area (Å²) < 4.78 is 0. The summed E-state index contributed by atoms with van der Waals surface area (Å²) >= 11 is 0. The average molecular weight is 331 g/mol. The van der Waals surface area contributed by atoms with Gasteiger partial charge in [0.1, 0.15) is 0 Å². The summed E-state index contributed by atoms with van der Waals surface area (Å²) in [4.78, 5) is 11.8. The lowest BCUT2D eigenvalue weighted by Gasteiger charge is -2.04. The third-order valence-electron chi connectivity index (χ3n) is 4.18. The van der Waals surface area contributed by atoms with E-state index in [0.717, 1.165) is 25.0 Å². The number of carbonyl (C=O) groups excluding carboxylic acids is 1. The van der Waals surface area contributed by atoms with Crippen LogP contribution in [-0.4, -0.2) is 11.6 Å². The normalized spacial score (nSPS) is 11.5. The minimum absolute atomic E-state index is 0.0327. The zero-order valence-corrected chi connectivity index (χ0v) is 15.5. The molecule has 24 heavy (non-hydrogen) atoms. The molecule has 1 aromatic carbocycles. The van der Waals surface area contributed by atoms with E-state index in [1.54, 1.807) is 0 Å². The lowest BCUT2D eigenvalue weighted by Crippen LogP contribution is -2.19. The minimum atomic E-state index is 0.0327. The average Bonchev–Trinajstić information content (AvgIpc) is 2.59. The molecule has 1 rings (SSSR count). The molecule has 0 aliphatic heterocycles. The maximum Gasteiger partial charge on any atom is 0.240 e. The van der Waals surface area contributed by atoms with E-state index < -0.39 is 0 Å². The number of amides is 1. The highest BCUT2D eigenvalue weighted by molar-refractivity contribution is 5.86. The van der Waals surface area contributed by atoms with Crippen LogP contribution >= 0.6 is 0 Å². The van der Waals surface area contributed by atoms with E-state index in [1.807, 2.05) is 25.1 Å². The van der Waals surface area contributed by atoms with Crippen LogP contribution in [0.3, 0.4) is 0 Å². The highest BCUT2D eigenvalue weighted by Crippen LogP contribution is 2.10. The molecule has 3 heteroatoms. The Bertz CT molecular complexity index is 468. The number of hydrogen-bond donors (Lipinski definition) is 1. The van der Waals surface area contributed by atoms with Gasteiger partial charge in [0, 0.05) is 18.6 Å². The lowest BCUT2D eigenvalue weighted by atomic mass is 10.1. The number of benzene rings is 1. The molecule has 0 saturated heterocycles. The fourth-order valence-corrected chi connectivity index (χ4v) is 2.74. The second kappa shape index (κ2) is 13.8. The second-order valence-corrected chi connectivity index (χ2v) is 6.62. The molecular weight excluding hydrogens is 296 g/mol. The molecule has 0 fully saturated rings. The Kier molecular flexibility index (Phi) is 11.7. The van der Waals surface area contributed by atoms with Crippen LogP contribution in [0.1, 0.15) is 83.6 Å². The van der Waals surface area contributed by atoms with E-state index in [2.05, 4.69) is 29.6 Å². The van der Waals surface area contributed by atoms with Gasteiger partial charge in [-0.2, -0.15) is 5.10 Å². The van der Waals surface area contributed by atoms with Crippen molar-refractivity contribution in [3.63, 3.8) is 0 Å². The number of rotatable bonds is 13. The highest BCUT2D eigenvalue weighted by Gasteiger charge is 2.01. The zero-order valence-electron chi connectivity index (χ0n) is 15.5. The van der Waals surface area contributed by atoms with E-state index in [0.29, 0.717) is 6.42 Å². The lowest BCUT2D eigenvalue weighted by molar-refractivity contribution is -0.121. The number of nitrogens with zero attached hydrogens (tertiary/aromatic N) is 1. The largest absolute Gasteiger partial charge is 0.273 e. The van der Waals surface area contributed by atoms with Crippen LogP contribution in [0.4, 0.5) is 0 Å². The monoisotopic (exact) mass is 330 g/mol. The maximum absolute atomic E-state index is 11.8. The van der Waals surface area contributed by atoms with Crippen LogP contribution in [0.5, 0.6) is 0 Å². The van der Waals surface area contributed by atoms with Crippen LogP contribution in [0.2, 0.25) is 0 Å². The molecule has 0 bridgehead atoms. The van der Waals surface area contributed by atoms with Crippen molar-refractivity contribution in [2.24, 2.45) is 5.10 Å². The molecule has 0 atom stereocenters. The number of hydrogen-bond acceptors (Lipinski definition) is 2. The first-order valence-corrected chi connectivity index (χ1v) is 9.58. The van der Waals surface area contributed by atoms with Gasteiger partial charge in [-0.05, 0) is 18.9 Å². The maximum atomic E-state index is 11.8. The summed E-state index contributed by atoms with van der Waals surface area (Å²) in [7, 11) is 0. The van der Waals surface area contributed by atoms with E-state index in [4.69, 9.17) is 0 Å². The molecule has 0 aromatic heterocycles. The van der Waals surface area contributed by atoms with Crippen LogP contribution in [0, 0.1) is 0 Å². The summed E-state index contributed by atoms with van der Waals surface area (Å²) in [5.74, 6) is 0.0327. The Balaban J connectivity index is 2.02. The minimum Gasteiger partial charge on any atom is -0.273 e. The molecule has 1 amide bonds. The first-order valence-electron chi connectivity index (χ1n) is 9.58. The van der Waals surface area contributed by atoms with Crippen molar-refractivity contribution in [1.29, 1.82) is 0 Å². The van der Waals surface area contributed by atoms with Gasteiger partial charge in [-0.15, -0.1) is 0 Å². The third kappa shape index (κ3) is 11.0. The summed E-state index contributed by atoms with van der Waals surface area (Å²) in [6.07, 6.45) is 12.8. The van der Waals surface area contributed by atoms with Gasteiger partial charge in [0.15, 0.2) is 0 Å². The van der Waals surface area contributed by atoms with Crippen LogP contribution in [0.25, 0.3) is 0 Å². The summed E-state index contributed by atoms with van der Waals surface area (Å²) in [5.41, 5.74) is 4.82. The van der Waals surface area contributed by atoms with Crippen molar-refractivity contribution >= 4 is 11.6 Å². The van der Waals surface area contributed by atoms with Crippen molar-refractivity contribution < 1.29 is 4.79 Å². The van der Waals surface area contributed by atoms with Gasteiger partial charge in [0.2, 0.25) is 5.91 Å². The van der Waals surface area contributed by atoms with Crippen LogP contribution < -0.4 is 5.43 Å². The molecule has 3 nitrogen and oxygen atoms in total. The predicted molar refractivity (Wildman–Crippen MR) is 103 cm³/mol. The van der Waals surface area contributed by atoms with Gasteiger partial charge in [0.25, 0.3) is 0 Å². The molecule has 0 spiro atoms. The first-order chi connectivity index (χ1) is 11.7. The zero-order chi connectivity index (χ0) is 17.5. The van der Waals surface area contributed by atoms with E-state index >= 15 is 0 Å². The van der Waals surface area contributed by atoms with Gasteiger partial charge in [-0.25, -0.2) is 5.43 Å². The van der Waals surface area contributed by atoms with Crippen molar-refractivity contribution in [2.75, 3.05) is 0 Å². The molecular formula is C21H34N2O. The number of carbonyl (C=O) groups is 1. The predicted octanol–water partition coefficient (Wildman–Crippen LogP) is 5.64. The Morgan fingerprint density at radius 1 is 0.917 bits per heavy atom. The highest BCUT2D eigenvalue weighted by atomic mass is 16.2. The van der Waals surface area contributed by atoms with E-state index in [-0.39, 0.29) is 5.91 Å². The molecule has 0 aliphatic carbocycles. The standard InChI is InChI=1S/C21H34N2O/c1-3-4-5-6-7-8-9-10-14-17-21(24)23-22-19(2)18-20-15-12-11-13-16-20/h11-13,15-16H,3-10,14,17-18H2,1-2H3,(H,23,24). The molecule has 134 valence electrons. The van der Waals surface area contributed by atoms with Gasteiger partial charge in [-0.3, -0.25) is 4.79 Å². The molecule has 0 heterocycles. The van der Waals surface area contributed by atoms with Crippen molar-refractivity contribution in [1.82, 2.24) is 5.43 Å². The third-order valence-corrected chi connectivity index (χ3v) is 4.18. The topological polar surface area (TPSA) is 41.5 Å². The molecule has 1 N–H and O–H groups in total. The van der Waals surface area contributed by atoms with Crippen molar-refractivity contribution in [2.45, 2.75) is 84.5 Å². The van der Waals surface area contributed by atoms with Gasteiger partial charge < -0.3 is 0 Å². The molecule has 0 saturated carbocycles. The second-order valence-electron chi connectivity index (χ2n) is 6.62.